The van der Waals surface area contributed by atoms with Gasteiger partial charge in [-0.3, -0.25) is 9.59 Å². The summed E-state index contributed by atoms with van der Waals surface area (Å²) in [7, 11) is 1.59. The molecule has 1 aliphatic heterocycles. The predicted molar refractivity (Wildman–Crippen MR) is 58.5 cm³/mol. The number of thioether (sulfide) groups is 1. The smallest absolute Gasteiger partial charge is 0.239 e. The molecule has 15 heavy (non-hydrogen) atoms. The van der Waals surface area contributed by atoms with Crippen LogP contribution >= 0.6 is 11.8 Å². The van der Waals surface area contributed by atoms with Crippen molar-refractivity contribution in [2.75, 3.05) is 31.9 Å². The third-order valence-electron chi connectivity index (χ3n) is 1.98. The fourth-order valence-electron chi connectivity index (χ4n) is 1.33. The van der Waals surface area contributed by atoms with Crippen LogP contribution in [0.25, 0.3) is 0 Å². The number of rotatable bonds is 5. The zero-order valence-electron chi connectivity index (χ0n) is 8.99. The van der Waals surface area contributed by atoms with Crippen LogP contribution in [-0.4, -0.2) is 54.6 Å². The molecule has 0 spiro atoms. The van der Waals surface area contributed by atoms with Gasteiger partial charge in [0.25, 0.3) is 0 Å². The van der Waals surface area contributed by atoms with Crippen LogP contribution in [0.4, 0.5) is 0 Å². The normalized spacial score (nSPS) is 18.0. The maximum atomic E-state index is 11.5. The van der Waals surface area contributed by atoms with Crippen LogP contribution in [0.3, 0.4) is 0 Å². The van der Waals surface area contributed by atoms with Gasteiger partial charge in [0.2, 0.25) is 11.8 Å². The topological polar surface area (TPSA) is 58.6 Å². The zero-order valence-corrected chi connectivity index (χ0v) is 9.80. The molecule has 0 aliphatic carbocycles. The Bertz CT molecular complexity index is 248. The summed E-state index contributed by atoms with van der Waals surface area (Å²) in [4.78, 5) is 24.2. The van der Waals surface area contributed by atoms with Crippen molar-refractivity contribution in [3.05, 3.63) is 0 Å². The Morgan fingerprint density at radius 3 is 3.00 bits per heavy atom. The number of nitrogens with one attached hydrogen (secondary N) is 1. The van der Waals surface area contributed by atoms with Gasteiger partial charge < -0.3 is 15.0 Å². The quantitative estimate of drug-likeness (QED) is 0.705. The van der Waals surface area contributed by atoms with E-state index in [0.717, 1.165) is 0 Å². The molecule has 1 saturated heterocycles. The number of ether oxygens (including phenoxy) is 1. The maximum absolute atomic E-state index is 11.5. The molecule has 0 aromatic rings. The van der Waals surface area contributed by atoms with Crippen molar-refractivity contribution in [3.63, 3.8) is 0 Å². The van der Waals surface area contributed by atoms with Gasteiger partial charge in [-0.15, -0.1) is 11.8 Å². The first-order chi connectivity index (χ1) is 7.13. The second-order valence-electron chi connectivity index (χ2n) is 3.49. The third kappa shape index (κ3) is 4.09. The summed E-state index contributed by atoms with van der Waals surface area (Å²) >= 11 is 1.53. The van der Waals surface area contributed by atoms with Crippen LogP contribution in [0.1, 0.15) is 6.92 Å². The molecule has 6 heteroatoms. The van der Waals surface area contributed by atoms with E-state index in [1.807, 2.05) is 6.92 Å². The molecule has 1 fully saturated rings. The molecule has 1 heterocycles. The molecular formula is C9H16N2O3S. The standard InChI is InChI=1S/C9H16N2O3S/c1-7(4-14-2)10-8(12)3-11-6-15-5-9(11)13/h7H,3-6H2,1-2H3,(H,10,12). The minimum Gasteiger partial charge on any atom is -0.383 e. The summed E-state index contributed by atoms with van der Waals surface area (Å²) in [5.41, 5.74) is 0. The molecule has 1 rings (SSSR count). The lowest BCUT2D eigenvalue weighted by molar-refractivity contribution is -0.132. The van der Waals surface area contributed by atoms with Gasteiger partial charge in [0.15, 0.2) is 0 Å². The first-order valence-electron chi connectivity index (χ1n) is 4.77. The van der Waals surface area contributed by atoms with Crippen LogP contribution in [0.2, 0.25) is 0 Å². The summed E-state index contributed by atoms with van der Waals surface area (Å²) in [6.45, 7) is 2.50. The molecule has 1 unspecified atom stereocenters. The van der Waals surface area contributed by atoms with E-state index in [4.69, 9.17) is 4.74 Å². The highest BCUT2D eigenvalue weighted by Crippen LogP contribution is 2.13. The second-order valence-corrected chi connectivity index (χ2v) is 4.45. The van der Waals surface area contributed by atoms with Crippen molar-refractivity contribution in [1.29, 1.82) is 0 Å². The Labute approximate surface area is 93.5 Å². The van der Waals surface area contributed by atoms with Gasteiger partial charge in [-0.1, -0.05) is 0 Å². The highest BCUT2D eigenvalue weighted by atomic mass is 32.2. The number of methoxy groups -OCH3 is 1. The van der Waals surface area contributed by atoms with Crippen molar-refractivity contribution >= 4 is 23.6 Å². The average molecular weight is 232 g/mol. The molecule has 0 saturated carbocycles. The predicted octanol–water partition coefficient (Wildman–Crippen LogP) is -0.330. The third-order valence-corrected chi connectivity index (χ3v) is 2.93. The van der Waals surface area contributed by atoms with E-state index in [-0.39, 0.29) is 24.4 Å². The molecule has 0 aromatic carbocycles. The Balaban J connectivity index is 2.26. The van der Waals surface area contributed by atoms with Crippen molar-refractivity contribution in [3.8, 4) is 0 Å². The Kier molecular flexibility index (Phi) is 4.90. The second kappa shape index (κ2) is 5.97. The fourth-order valence-corrected chi connectivity index (χ4v) is 2.23. The van der Waals surface area contributed by atoms with Crippen molar-refractivity contribution in [1.82, 2.24) is 10.2 Å². The van der Waals surface area contributed by atoms with Gasteiger partial charge in [-0.25, -0.2) is 0 Å². The van der Waals surface area contributed by atoms with Crippen molar-refractivity contribution in [2.24, 2.45) is 0 Å². The number of carbonyl (C=O) groups excluding carboxylic acids is 2. The van der Waals surface area contributed by atoms with Crippen molar-refractivity contribution in [2.45, 2.75) is 13.0 Å². The van der Waals surface area contributed by atoms with E-state index < -0.39 is 0 Å². The maximum Gasteiger partial charge on any atom is 0.239 e. The lowest BCUT2D eigenvalue weighted by Crippen LogP contribution is -2.43. The summed E-state index contributed by atoms with van der Waals surface area (Å²) in [6.07, 6.45) is 0. The molecular weight excluding hydrogens is 216 g/mol. The van der Waals surface area contributed by atoms with Crippen LogP contribution in [0.15, 0.2) is 0 Å². The van der Waals surface area contributed by atoms with E-state index in [0.29, 0.717) is 18.2 Å². The minimum absolute atomic E-state index is 0.0205. The number of hydrogen-bond acceptors (Lipinski definition) is 4. The SMILES string of the molecule is COCC(C)NC(=O)CN1CSCC1=O. The van der Waals surface area contributed by atoms with E-state index in [1.165, 1.54) is 11.8 Å². The highest BCUT2D eigenvalue weighted by molar-refractivity contribution is 8.00. The summed E-state index contributed by atoms with van der Waals surface area (Å²) in [6, 6.07) is -0.0205. The molecule has 86 valence electrons. The molecule has 2 amide bonds. The fraction of sp³-hybridized carbons (Fsp3) is 0.778. The minimum atomic E-state index is -0.129. The van der Waals surface area contributed by atoms with E-state index in [9.17, 15) is 9.59 Å². The molecule has 0 radical (unpaired) electrons. The Morgan fingerprint density at radius 1 is 1.73 bits per heavy atom. The highest BCUT2D eigenvalue weighted by Gasteiger charge is 2.23. The lowest BCUT2D eigenvalue weighted by atomic mass is 10.3. The molecule has 5 nitrogen and oxygen atoms in total. The van der Waals surface area contributed by atoms with Crippen LogP contribution in [0, 0.1) is 0 Å². The lowest BCUT2D eigenvalue weighted by Gasteiger charge is -2.17. The number of carbonyl (C=O) groups is 2. The molecule has 1 aliphatic rings. The van der Waals surface area contributed by atoms with Gasteiger partial charge in [0.05, 0.1) is 18.2 Å². The van der Waals surface area contributed by atoms with Gasteiger partial charge in [-0.2, -0.15) is 0 Å². The largest absolute Gasteiger partial charge is 0.383 e. The van der Waals surface area contributed by atoms with E-state index in [1.54, 1.807) is 12.0 Å². The Morgan fingerprint density at radius 2 is 2.47 bits per heavy atom. The van der Waals surface area contributed by atoms with Crippen LogP contribution < -0.4 is 5.32 Å². The van der Waals surface area contributed by atoms with Gasteiger partial charge in [-0.05, 0) is 6.92 Å². The average Bonchev–Trinajstić information content (AvgIpc) is 2.52. The van der Waals surface area contributed by atoms with Crippen LogP contribution in [-0.2, 0) is 14.3 Å². The first-order valence-corrected chi connectivity index (χ1v) is 5.92. The zero-order chi connectivity index (χ0) is 11.3. The first kappa shape index (κ1) is 12.3. The van der Waals surface area contributed by atoms with Crippen LogP contribution in [0.5, 0.6) is 0 Å². The summed E-state index contributed by atoms with van der Waals surface area (Å²) < 4.78 is 4.90. The van der Waals surface area contributed by atoms with Crippen molar-refractivity contribution < 1.29 is 14.3 Å². The van der Waals surface area contributed by atoms with E-state index >= 15 is 0 Å². The van der Waals surface area contributed by atoms with Gasteiger partial charge >= 0.3 is 0 Å². The summed E-state index contributed by atoms with van der Waals surface area (Å²) in [5, 5.41) is 2.76. The number of amides is 2. The molecule has 1 atom stereocenters. The molecule has 0 bridgehead atoms. The number of hydrogen-bond donors (Lipinski definition) is 1. The van der Waals surface area contributed by atoms with Gasteiger partial charge in [0, 0.05) is 13.2 Å². The summed E-state index contributed by atoms with van der Waals surface area (Å²) in [5.74, 6) is 1.01. The molecule has 0 aromatic heterocycles. The molecule has 1 N–H and O–H groups in total. The number of nitrogens with zero attached hydrogens (tertiary/aromatic N) is 1. The van der Waals surface area contributed by atoms with E-state index in [2.05, 4.69) is 5.32 Å². The van der Waals surface area contributed by atoms with Gasteiger partial charge in [0.1, 0.15) is 6.54 Å². The Hall–Kier alpha value is -0.750. The monoisotopic (exact) mass is 232 g/mol.